The van der Waals surface area contributed by atoms with Crippen molar-refractivity contribution in [3.8, 4) is 11.3 Å². The lowest BCUT2D eigenvalue weighted by Gasteiger charge is -2.05. The molecule has 13 heteroatoms. The van der Waals surface area contributed by atoms with Gasteiger partial charge in [0.15, 0.2) is 5.69 Å². The van der Waals surface area contributed by atoms with Gasteiger partial charge in [0.1, 0.15) is 6.61 Å². The second-order valence-electron chi connectivity index (χ2n) is 7.17. The van der Waals surface area contributed by atoms with Crippen molar-refractivity contribution in [3.05, 3.63) is 105 Å². The van der Waals surface area contributed by atoms with Crippen LogP contribution >= 0.6 is 0 Å². The maximum absolute atomic E-state index is 13.0. The number of benzene rings is 3. The number of nitro groups is 1. The molecule has 4 rings (SSSR count). The van der Waals surface area contributed by atoms with Gasteiger partial charge in [-0.15, -0.1) is 5.11 Å². The number of nitrogens with zero attached hydrogens (tertiary/aromatic N) is 4. The molecular weight excluding hydrogens is 478 g/mol. The zero-order chi connectivity index (χ0) is 25.0. The van der Waals surface area contributed by atoms with Gasteiger partial charge in [-0.1, -0.05) is 35.2 Å². The Balaban J connectivity index is 1.70. The summed E-state index contributed by atoms with van der Waals surface area (Å²) in [4.78, 5) is 29.6. The van der Waals surface area contributed by atoms with Gasteiger partial charge in [0.2, 0.25) is 0 Å². The third kappa shape index (κ3) is 5.48. The van der Waals surface area contributed by atoms with Crippen LogP contribution in [0.4, 0.5) is 17.1 Å². The SMILES string of the molecule is O=c1c(N=Nc2ccc(S(=O)(=O)O)cc2)c(-c2ccc([N+](=O)[O-])cc2)[nH]n1OCc1ccccc1. The van der Waals surface area contributed by atoms with Crippen LogP contribution in [0.1, 0.15) is 5.56 Å². The Morgan fingerprint density at radius 2 is 1.63 bits per heavy atom. The lowest BCUT2D eigenvalue weighted by molar-refractivity contribution is -0.384. The molecule has 4 aromatic rings. The van der Waals surface area contributed by atoms with E-state index in [9.17, 15) is 23.3 Å². The zero-order valence-electron chi connectivity index (χ0n) is 17.8. The highest BCUT2D eigenvalue weighted by Crippen LogP contribution is 2.29. The molecule has 0 aliphatic carbocycles. The lowest BCUT2D eigenvalue weighted by Crippen LogP contribution is -2.24. The highest BCUT2D eigenvalue weighted by Gasteiger charge is 2.18. The lowest BCUT2D eigenvalue weighted by atomic mass is 10.1. The van der Waals surface area contributed by atoms with E-state index in [0.29, 0.717) is 5.56 Å². The fraction of sp³-hybridized carbons (Fsp3) is 0.0455. The van der Waals surface area contributed by atoms with Gasteiger partial charge >= 0.3 is 5.56 Å². The van der Waals surface area contributed by atoms with Crippen LogP contribution in [0.5, 0.6) is 0 Å². The quantitative estimate of drug-likeness (QED) is 0.161. The molecule has 0 saturated carbocycles. The van der Waals surface area contributed by atoms with Crippen LogP contribution in [0, 0.1) is 10.1 Å². The Morgan fingerprint density at radius 1 is 0.971 bits per heavy atom. The van der Waals surface area contributed by atoms with Crippen LogP contribution in [0.15, 0.2) is 98.8 Å². The summed E-state index contributed by atoms with van der Waals surface area (Å²) in [5.74, 6) is 0. The molecule has 0 bridgehead atoms. The Labute approximate surface area is 198 Å². The summed E-state index contributed by atoms with van der Waals surface area (Å²) in [5, 5.41) is 21.8. The Kier molecular flexibility index (Phi) is 6.53. The molecule has 2 N–H and O–H groups in total. The van der Waals surface area contributed by atoms with Crippen molar-refractivity contribution in [2.24, 2.45) is 10.2 Å². The number of non-ortho nitro benzene ring substituents is 1. The molecule has 12 nitrogen and oxygen atoms in total. The van der Waals surface area contributed by atoms with E-state index in [1.165, 1.54) is 36.4 Å². The average molecular weight is 495 g/mol. The van der Waals surface area contributed by atoms with Gasteiger partial charge in [-0.3, -0.25) is 24.6 Å². The van der Waals surface area contributed by atoms with Crippen molar-refractivity contribution in [2.45, 2.75) is 11.5 Å². The summed E-state index contributed by atoms with van der Waals surface area (Å²) in [6, 6.07) is 19.5. The fourth-order valence-electron chi connectivity index (χ4n) is 3.05. The van der Waals surface area contributed by atoms with Gasteiger partial charge in [-0.25, -0.2) is 0 Å². The summed E-state index contributed by atoms with van der Waals surface area (Å²) in [7, 11) is -4.37. The molecular formula is C22H17N5O7S. The van der Waals surface area contributed by atoms with Crippen molar-refractivity contribution < 1.29 is 22.7 Å². The van der Waals surface area contributed by atoms with E-state index in [1.54, 1.807) is 0 Å². The topological polar surface area (TPSA) is 169 Å². The van der Waals surface area contributed by atoms with Crippen molar-refractivity contribution in [3.63, 3.8) is 0 Å². The molecule has 0 spiro atoms. The standard InChI is InChI=1S/C22H17N5O7S/c28-22-21(24-23-17-8-12-19(13-9-17)35(31,32)33)20(16-6-10-18(11-7-16)27(29)30)25-26(22)34-14-15-4-2-1-3-5-15/h1-13,25H,14H2,(H,31,32,33). The smallest absolute Gasteiger partial charge is 0.330 e. The number of rotatable bonds is 8. The number of hydrogen-bond donors (Lipinski definition) is 2. The Bertz CT molecular complexity index is 1540. The van der Waals surface area contributed by atoms with Crippen LogP contribution in [0.25, 0.3) is 11.3 Å². The highest BCUT2D eigenvalue weighted by atomic mass is 32.2. The molecule has 1 aromatic heterocycles. The number of nitrogens with one attached hydrogen (secondary N) is 1. The number of hydrogen-bond acceptors (Lipinski definition) is 8. The monoisotopic (exact) mass is 495 g/mol. The minimum Gasteiger partial charge on any atom is -0.390 e. The van der Waals surface area contributed by atoms with Gasteiger partial charge in [0, 0.05) is 17.7 Å². The molecule has 0 amide bonds. The maximum Gasteiger partial charge on any atom is 0.330 e. The number of azo groups is 1. The summed E-state index contributed by atoms with van der Waals surface area (Å²) < 4.78 is 31.5. The molecule has 0 atom stereocenters. The molecule has 35 heavy (non-hydrogen) atoms. The van der Waals surface area contributed by atoms with Crippen LogP contribution in [-0.2, 0) is 16.7 Å². The molecule has 0 fully saturated rings. The van der Waals surface area contributed by atoms with E-state index in [1.807, 2.05) is 30.3 Å². The molecule has 0 unspecified atom stereocenters. The fourth-order valence-corrected chi connectivity index (χ4v) is 3.53. The molecule has 1 heterocycles. The highest BCUT2D eigenvalue weighted by molar-refractivity contribution is 7.85. The van der Waals surface area contributed by atoms with Gasteiger partial charge < -0.3 is 4.84 Å². The zero-order valence-corrected chi connectivity index (χ0v) is 18.6. The molecule has 0 saturated heterocycles. The van der Waals surface area contributed by atoms with E-state index < -0.39 is 20.6 Å². The predicted octanol–water partition coefficient (Wildman–Crippen LogP) is 4.04. The summed E-state index contributed by atoms with van der Waals surface area (Å²) in [5.41, 5.74) is 0.732. The van der Waals surface area contributed by atoms with Crippen LogP contribution in [0.3, 0.4) is 0 Å². The minimum atomic E-state index is -4.37. The molecule has 0 aliphatic rings. The number of aromatic amines is 1. The first-order valence-corrected chi connectivity index (χ1v) is 11.4. The van der Waals surface area contributed by atoms with E-state index in [0.717, 1.165) is 22.5 Å². The number of aromatic nitrogens is 2. The summed E-state index contributed by atoms with van der Waals surface area (Å²) in [6.45, 7) is 0.0780. The number of nitro benzene ring substituents is 1. The first kappa shape index (κ1) is 23.5. The normalized spacial score (nSPS) is 11.6. The molecule has 0 aliphatic heterocycles. The van der Waals surface area contributed by atoms with Crippen molar-refractivity contribution in [1.29, 1.82) is 0 Å². The summed E-state index contributed by atoms with van der Waals surface area (Å²) in [6.07, 6.45) is 0. The first-order valence-electron chi connectivity index (χ1n) is 9.99. The number of H-pyrrole nitrogens is 1. The third-order valence-corrected chi connectivity index (χ3v) is 5.68. The first-order chi connectivity index (χ1) is 16.7. The van der Waals surface area contributed by atoms with Gasteiger partial charge in [-0.2, -0.15) is 13.5 Å². The Hall–Kier alpha value is -4.62. The third-order valence-electron chi connectivity index (χ3n) is 4.81. The summed E-state index contributed by atoms with van der Waals surface area (Å²) >= 11 is 0. The van der Waals surface area contributed by atoms with Gasteiger partial charge in [0.25, 0.3) is 15.8 Å². The Morgan fingerprint density at radius 3 is 2.23 bits per heavy atom. The van der Waals surface area contributed by atoms with Crippen LogP contribution in [-0.4, -0.2) is 27.8 Å². The van der Waals surface area contributed by atoms with E-state index in [-0.39, 0.29) is 34.3 Å². The second kappa shape index (κ2) is 9.70. The van der Waals surface area contributed by atoms with E-state index in [2.05, 4.69) is 15.3 Å². The van der Waals surface area contributed by atoms with E-state index in [4.69, 9.17) is 9.39 Å². The van der Waals surface area contributed by atoms with Crippen LogP contribution in [0.2, 0.25) is 0 Å². The van der Waals surface area contributed by atoms with Gasteiger partial charge in [-0.05, 0) is 42.0 Å². The van der Waals surface area contributed by atoms with Crippen molar-refractivity contribution in [2.75, 3.05) is 0 Å². The minimum absolute atomic E-state index is 0.0780. The van der Waals surface area contributed by atoms with Crippen molar-refractivity contribution in [1.82, 2.24) is 9.94 Å². The average Bonchev–Trinajstić information content (AvgIpc) is 3.17. The molecule has 3 aromatic carbocycles. The van der Waals surface area contributed by atoms with Crippen molar-refractivity contribution >= 4 is 27.2 Å². The maximum atomic E-state index is 13.0. The molecule has 178 valence electrons. The van der Waals surface area contributed by atoms with Gasteiger partial charge in [0.05, 0.1) is 21.2 Å². The molecule has 0 radical (unpaired) electrons. The largest absolute Gasteiger partial charge is 0.390 e. The van der Waals surface area contributed by atoms with E-state index >= 15 is 0 Å². The second-order valence-corrected chi connectivity index (χ2v) is 8.59. The van der Waals surface area contributed by atoms with Crippen LogP contribution < -0.4 is 10.4 Å². The predicted molar refractivity (Wildman–Crippen MR) is 124 cm³/mol.